The Balaban J connectivity index is 1.57. The van der Waals surface area contributed by atoms with Gasteiger partial charge in [-0.05, 0) is 41.3 Å². The maximum atomic E-state index is 14.1. The van der Waals surface area contributed by atoms with Crippen molar-refractivity contribution < 1.29 is 18.7 Å². The molecule has 3 aromatic carbocycles. The molecule has 166 valence electrons. The first kappa shape index (κ1) is 22.0. The Kier molecular flexibility index (Phi) is 7.17. The first-order valence-corrected chi connectivity index (χ1v) is 11.0. The van der Waals surface area contributed by atoms with Crippen molar-refractivity contribution in [3.8, 4) is 5.75 Å². The van der Waals surface area contributed by atoms with Gasteiger partial charge in [-0.2, -0.15) is 0 Å². The van der Waals surface area contributed by atoms with E-state index in [4.69, 9.17) is 9.47 Å². The number of hydrogen-bond donors (Lipinski definition) is 0. The van der Waals surface area contributed by atoms with Crippen LogP contribution in [0.5, 0.6) is 5.75 Å². The molecule has 0 saturated carbocycles. The summed E-state index contributed by atoms with van der Waals surface area (Å²) >= 11 is 0. The van der Waals surface area contributed by atoms with Gasteiger partial charge in [0.1, 0.15) is 18.2 Å². The lowest BCUT2D eigenvalue weighted by Crippen LogP contribution is -2.35. The summed E-state index contributed by atoms with van der Waals surface area (Å²) in [5.74, 6) is 0.407. The number of benzene rings is 3. The molecule has 0 spiro atoms. The monoisotopic (exact) mass is 433 g/mol. The maximum absolute atomic E-state index is 14.1. The highest BCUT2D eigenvalue weighted by Gasteiger charge is 2.17. The minimum absolute atomic E-state index is 0.0299. The highest BCUT2D eigenvalue weighted by Crippen LogP contribution is 2.24. The summed E-state index contributed by atoms with van der Waals surface area (Å²) in [6.45, 7) is 4.25. The van der Waals surface area contributed by atoms with Crippen molar-refractivity contribution in [3.63, 3.8) is 0 Å². The van der Waals surface area contributed by atoms with E-state index in [0.29, 0.717) is 38.5 Å². The Morgan fingerprint density at radius 1 is 0.969 bits per heavy atom. The first-order chi connectivity index (χ1) is 15.6. The topological polar surface area (TPSA) is 38.8 Å². The number of fused-ring (bicyclic) bond motifs is 3. The van der Waals surface area contributed by atoms with Crippen molar-refractivity contribution in [3.05, 3.63) is 100 Å². The lowest BCUT2D eigenvalue weighted by molar-refractivity contribution is -0.132. The van der Waals surface area contributed by atoms with Gasteiger partial charge >= 0.3 is 0 Å². The minimum Gasteiger partial charge on any atom is -0.491 e. The van der Waals surface area contributed by atoms with E-state index in [0.717, 1.165) is 28.9 Å². The number of carbonyl (C=O) groups is 1. The molecule has 0 fully saturated rings. The Hall–Kier alpha value is -3.18. The highest BCUT2D eigenvalue weighted by atomic mass is 19.1. The Morgan fingerprint density at radius 3 is 2.69 bits per heavy atom. The number of aryl methyl sites for hydroxylation is 1. The molecule has 0 atom stereocenters. The van der Waals surface area contributed by atoms with E-state index in [1.807, 2.05) is 18.2 Å². The maximum Gasteiger partial charge on any atom is 0.227 e. The van der Waals surface area contributed by atoms with Crippen LogP contribution in [0, 0.1) is 12.7 Å². The van der Waals surface area contributed by atoms with Crippen molar-refractivity contribution in [1.29, 1.82) is 0 Å². The van der Waals surface area contributed by atoms with Crippen molar-refractivity contribution in [2.75, 3.05) is 26.4 Å². The molecule has 32 heavy (non-hydrogen) atoms. The van der Waals surface area contributed by atoms with Crippen LogP contribution in [-0.4, -0.2) is 37.2 Å². The summed E-state index contributed by atoms with van der Waals surface area (Å²) in [6.07, 6.45) is 0.775. The van der Waals surface area contributed by atoms with Crippen LogP contribution in [0.2, 0.25) is 0 Å². The summed E-state index contributed by atoms with van der Waals surface area (Å²) in [5.41, 5.74) is 4.92. The van der Waals surface area contributed by atoms with Gasteiger partial charge in [-0.1, -0.05) is 60.2 Å². The molecule has 0 saturated heterocycles. The largest absolute Gasteiger partial charge is 0.491 e. The van der Waals surface area contributed by atoms with Crippen LogP contribution in [0.25, 0.3) is 0 Å². The number of halogens is 1. The predicted octanol–water partition coefficient (Wildman–Crippen LogP) is 4.71. The standard InChI is InChI=1S/C27H28FNO3/c1-20-9-10-26-24(15-20)17-21-5-4-6-22(16-21)19-29(11-12-31-13-14-32-26)27(30)18-23-7-2-3-8-25(23)28/h2-10,15-16H,11-14,17-19H2,1H3. The third-order valence-corrected chi connectivity index (χ3v) is 5.62. The van der Waals surface area contributed by atoms with Gasteiger partial charge in [-0.25, -0.2) is 4.39 Å². The van der Waals surface area contributed by atoms with Gasteiger partial charge in [-0.15, -0.1) is 0 Å². The molecule has 4 nitrogen and oxygen atoms in total. The third-order valence-electron chi connectivity index (χ3n) is 5.62. The molecule has 0 aliphatic carbocycles. The van der Waals surface area contributed by atoms with Gasteiger partial charge in [0.2, 0.25) is 5.91 Å². The number of ether oxygens (including phenoxy) is 2. The fourth-order valence-corrected chi connectivity index (χ4v) is 3.96. The molecular formula is C27H28FNO3. The molecule has 1 amide bonds. The van der Waals surface area contributed by atoms with Gasteiger partial charge in [0.05, 0.1) is 19.6 Å². The van der Waals surface area contributed by atoms with E-state index >= 15 is 0 Å². The molecule has 4 rings (SSSR count). The van der Waals surface area contributed by atoms with Gasteiger partial charge in [-0.3, -0.25) is 4.79 Å². The molecule has 3 aromatic rings. The molecule has 2 bridgehead atoms. The molecule has 1 aliphatic rings. The Labute approximate surface area is 188 Å². The number of rotatable bonds is 2. The zero-order valence-electron chi connectivity index (χ0n) is 18.4. The minimum atomic E-state index is -0.354. The quantitative estimate of drug-likeness (QED) is 0.588. The number of hydrogen-bond acceptors (Lipinski definition) is 3. The number of amides is 1. The summed E-state index contributed by atoms with van der Waals surface area (Å²) < 4.78 is 25.8. The Bertz CT molecular complexity index is 1080. The smallest absolute Gasteiger partial charge is 0.227 e. The molecular weight excluding hydrogens is 405 g/mol. The molecule has 5 heteroatoms. The average molecular weight is 434 g/mol. The molecule has 0 aromatic heterocycles. The van der Waals surface area contributed by atoms with E-state index in [2.05, 4.69) is 31.2 Å². The van der Waals surface area contributed by atoms with E-state index < -0.39 is 0 Å². The van der Waals surface area contributed by atoms with Crippen LogP contribution in [-0.2, 0) is 28.9 Å². The normalized spacial score (nSPS) is 14.8. The van der Waals surface area contributed by atoms with Gasteiger partial charge in [0, 0.05) is 19.5 Å². The number of nitrogens with zero attached hydrogens (tertiary/aromatic N) is 1. The van der Waals surface area contributed by atoms with Gasteiger partial charge < -0.3 is 14.4 Å². The second kappa shape index (κ2) is 10.4. The Morgan fingerprint density at radius 2 is 1.81 bits per heavy atom. The summed E-state index contributed by atoms with van der Waals surface area (Å²) in [5, 5.41) is 0. The van der Waals surface area contributed by atoms with Gasteiger partial charge in [0.15, 0.2) is 0 Å². The second-order valence-electron chi connectivity index (χ2n) is 8.15. The average Bonchev–Trinajstić information content (AvgIpc) is 2.78. The van der Waals surface area contributed by atoms with E-state index in [1.165, 1.54) is 11.6 Å². The highest BCUT2D eigenvalue weighted by molar-refractivity contribution is 5.78. The van der Waals surface area contributed by atoms with Crippen LogP contribution in [0.3, 0.4) is 0 Å². The van der Waals surface area contributed by atoms with E-state index in [1.54, 1.807) is 23.1 Å². The third kappa shape index (κ3) is 5.74. The summed E-state index contributed by atoms with van der Waals surface area (Å²) in [6, 6.07) is 20.9. The van der Waals surface area contributed by atoms with Crippen molar-refractivity contribution in [1.82, 2.24) is 4.90 Å². The van der Waals surface area contributed by atoms with Crippen molar-refractivity contribution in [2.45, 2.75) is 26.3 Å². The molecule has 0 unspecified atom stereocenters. The fourth-order valence-electron chi connectivity index (χ4n) is 3.96. The molecule has 1 aliphatic heterocycles. The van der Waals surface area contributed by atoms with Crippen molar-refractivity contribution in [2.24, 2.45) is 0 Å². The summed E-state index contributed by atoms with van der Waals surface area (Å²) in [7, 11) is 0. The van der Waals surface area contributed by atoms with Crippen LogP contribution in [0.15, 0.2) is 66.7 Å². The number of carbonyl (C=O) groups excluding carboxylic acids is 1. The first-order valence-electron chi connectivity index (χ1n) is 11.0. The molecule has 0 N–H and O–H groups in total. The van der Waals surface area contributed by atoms with Crippen LogP contribution < -0.4 is 4.74 Å². The van der Waals surface area contributed by atoms with E-state index in [-0.39, 0.29) is 18.1 Å². The van der Waals surface area contributed by atoms with E-state index in [9.17, 15) is 9.18 Å². The zero-order valence-corrected chi connectivity index (χ0v) is 18.4. The second-order valence-corrected chi connectivity index (χ2v) is 8.15. The van der Waals surface area contributed by atoms with Gasteiger partial charge in [0.25, 0.3) is 0 Å². The SMILES string of the molecule is Cc1ccc2c(c1)Cc1cccc(c1)CN(C(=O)Cc1ccccc1F)CCOCCO2. The predicted molar refractivity (Wildman–Crippen MR) is 122 cm³/mol. The summed E-state index contributed by atoms with van der Waals surface area (Å²) in [4.78, 5) is 14.8. The van der Waals surface area contributed by atoms with Crippen LogP contribution in [0.1, 0.15) is 27.8 Å². The lowest BCUT2D eigenvalue weighted by atomic mass is 10.00. The molecule has 0 radical (unpaired) electrons. The molecule has 1 heterocycles. The lowest BCUT2D eigenvalue weighted by Gasteiger charge is -2.24. The van der Waals surface area contributed by atoms with Crippen LogP contribution in [0.4, 0.5) is 4.39 Å². The fraction of sp³-hybridized carbons (Fsp3) is 0.296. The van der Waals surface area contributed by atoms with Crippen LogP contribution >= 0.6 is 0 Å². The zero-order chi connectivity index (χ0) is 22.3. The van der Waals surface area contributed by atoms with Crippen molar-refractivity contribution >= 4 is 5.91 Å².